The van der Waals surface area contributed by atoms with Gasteiger partial charge in [0.05, 0.1) is 17.0 Å². The fourth-order valence-corrected chi connectivity index (χ4v) is 3.84. The summed E-state index contributed by atoms with van der Waals surface area (Å²) in [5.41, 5.74) is 0.975. The highest BCUT2D eigenvalue weighted by Crippen LogP contribution is 2.28. The third-order valence-corrected chi connectivity index (χ3v) is 6.18. The molecule has 0 amide bonds. The lowest BCUT2D eigenvalue weighted by Crippen LogP contribution is -2.43. The standard InChI is InChI=1S/C15H27N3O2S/c1-4-16-15(12(2)21(3,19)20)11-13-9-10-18(17-13)14-7-5-6-8-14/h9-10,12,14-16H,4-8,11H2,1-3H3. The van der Waals surface area contributed by atoms with Gasteiger partial charge in [-0.2, -0.15) is 5.10 Å². The maximum atomic E-state index is 11.8. The lowest BCUT2D eigenvalue weighted by atomic mass is 10.1. The average molecular weight is 313 g/mol. The van der Waals surface area contributed by atoms with Gasteiger partial charge in [-0.05, 0) is 32.4 Å². The van der Waals surface area contributed by atoms with Crippen LogP contribution in [0.1, 0.15) is 51.3 Å². The van der Waals surface area contributed by atoms with Gasteiger partial charge in [-0.1, -0.05) is 19.8 Å². The summed E-state index contributed by atoms with van der Waals surface area (Å²) in [5.74, 6) is 0. The molecule has 120 valence electrons. The smallest absolute Gasteiger partial charge is 0.151 e. The Bertz CT molecular complexity index is 547. The molecule has 21 heavy (non-hydrogen) atoms. The minimum Gasteiger partial charge on any atom is -0.313 e. The van der Waals surface area contributed by atoms with Crippen molar-refractivity contribution in [2.75, 3.05) is 12.8 Å². The molecule has 1 heterocycles. The van der Waals surface area contributed by atoms with E-state index in [1.807, 2.05) is 19.2 Å². The number of hydrogen-bond donors (Lipinski definition) is 1. The van der Waals surface area contributed by atoms with Gasteiger partial charge >= 0.3 is 0 Å². The van der Waals surface area contributed by atoms with Gasteiger partial charge in [-0.15, -0.1) is 0 Å². The average Bonchev–Trinajstić information content (AvgIpc) is 3.06. The van der Waals surface area contributed by atoms with Crippen molar-refractivity contribution in [1.82, 2.24) is 15.1 Å². The zero-order valence-electron chi connectivity index (χ0n) is 13.2. The van der Waals surface area contributed by atoms with Crippen molar-refractivity contribution >= 4 is 9.84 Å². The van der Waals surface area contributed by atoms with Gasteiger partial charge in [0.25, 0.3) is 0 Å². The molecular weight excluding hydrogens is 286 g/mol. The van der Waals surface area contributed by atoms with Crippen LogP contribution in [0, 0.1) is 0 Å². The molecular formula is C15H27N3O2S. The van der Waals surface area contributed by atoms with Crippen molar-refractivity contribution < 1.29 is 8.42 Å². The fourth-order valence-electron chi connectivity index (χ4n) is 3.05. The van der Waals surface area contributed by atoms with Crippen LogP contribution in [-0.4, -0.2) is 42.3 Å². The zero-order chi connectivity index (χ0) is 15.5. The summed E-state index contributed by atoms with van der Waals surface area (Å²) in [5, 5.41) is 7.54. The van der Waals surface area contributed by atoms with Gasteiger partial charge in [-0.3, -0.25) is 4.68 Å². The van der Waals surface area contributed by atoms with Gasteiger partial charge in [0.2, 0.25) is 0 Å². The Morgan fingerprint density at radius 2 is 2.10 bits per heavy atom. The Kier molecular flexibility index (Phi) is 5.43. The molecule has 1 aliphatic carbocycles. The predicted molar refractivity (Wildman–Crippen MR) is 85.2 cm³/mol. The minimum atomic E-state index is -3.05. The van der Waals surface area contributed by atoms with Crippen molar-refractivity contribution in [3.63, 3.8) is 0 Å². The number of likely N-dealkylation sites (N-methyl/N-ethyl adjacent to an activating group) is 1. The van der Waals surface area contributed by atoms with E-state index < -0.39 is 15.1 Å². The first kappa shape index (κ1) is 16.5. The summed E-state index contributed by atoms with van der Waals surface area (Å²) >= 11 is 0. The van der Waals surface area contributed by atoms with Crippen molar-refractivity contribution in [1.29, 1.82) is 0 Å². The summed E-state index contributed by atoms with van der Waals surface area (Å²) in [6, 6.07) is 2.47. The molecule has 2 unspecified atom stereocenters. The van der Waals surface area contributed by atoms with E-state index in [9.17, 15) is 8.42 Å². The summed E-state index contributed by atoms with van der Waals surface area (Å²) in [6.07, 6.45) is 8.98. The van der Waals surface area contributed by atoms with Crippen molar-refractivity contribution in [3.05, 3.63) is 18.0 Å². The number of aromatic nitrogens is 2. The SMILES string of the molecule is CCNC(Cc1ccn(C2CCCC2)n1)C(C)S(C)(=O)=O. The van der Waals surface area contributed by atoms with Crippen LogP contribution in [0.4, 0.5) is 0 Å². The molecule has 0 bridgehead atoms. The van der Waals surface area contributed by atoms with E-state index in [0.717, 1.165) is 12.2 Å². The largest absolute Gasteiger partial charge is 0.313 e. The van der Waals surface area contributed by atoms with Gasteiger partial charge in [0.15, 0.2) is 9.84 Å². The Morgan fingerprint density at radius 1 is 1.43 bits per heavy atom. The van der Waals surface area contributed by atoms with Gasteiger partial charge in [0, 0.05) is 24.9 Å². The highest BCUT2D eigenvalue weighted by atomic mass is 32.2. The van der Waals surface area contributed by atoms with E-state index >= 15 is 0 Å². The minimum absolute atomic E-state index is 0.0862. The molecule has 2 rings (SSSR count). The molecule has 5 nitrogen and oxygen atoms in total. The number of sulfone groups is 1. The second-order valence-corrected chi connectivity index (χ2v) is 8.53. The zero-order valence-corrected chi connectivity index (χ0v) is 14.1. The Morgan fingerprint density at radius 3 is 2.67 bits per heavy atom. The fraction of sp³-hybridized carbons (Fsp3) is 0.800. The van der Waals surface area contributed by atoms with Crippen LogP contribution < -0.4 is 5.32 Å². The van der Waals surface area contributed by atoms with Crippen LogP contribution in [0.15, 0.2) is 12.3 Å². The van der Waals surface area contributed by atoms with Gasteiger partial charge in [0.1, 0.15) is 0 Å². The van der Waals surface area contributed by atoms with E-state index in [-0.39, 0.29) is 6.04 Å². The molecule has 6 heteroatoms. The first-order chi connectivity index (χ1) is 9.91. The Balaban J connectivity index is 2.06. The van der Waals surface area contributed by atoms with Crippen molar-refractivity contribution in [2.45, 2.75) is 63.3 Å². The van der Waals surface area contributed by atoms with Crippen LogP contribution >= 0.6 is 0 Å². The van der Waals surface area contributed by atoms with Crippen LogP contribution in [0.3, 0.4) is 0 Å². The second-order valence-electron chi connectivity index (χ2n) is 6.13. The number of rotatable bonds is 7. The van der Waals surface area contributed by atoms with E-state index in [4.69, 9.17) is 0 Å². The molecule has 1 fully saturated rings. The summed E-state index contributed by atoms with van der Waals surface area (Å²) in [7, 11) is -3.05. The topological polar surface area (TPSA) is 64.0 Å². The maximum absolute atomic E-state index is 11.8. The van der Waals surface area contributed by atoms with E-state index in [2.05, 4.69) is 15.1 Å². The first-order valence-electron chi connectivity index (χ1n) is 7.88. The van der Waals surface area contributed by atoms with Gasteiger partial charge in [-0.25, -0.2) is 8.42 Å². The Labute approximate surface area is 128 Å². The molecule has 0 aliphatic heterocycles. The lowest BCUT2D eigenvalue weighted by molar-refractivity contribution is 0.452. The number of nitrogens with zero attached hydrogens (tertiary/aromatic N) is 2. The predicted octanol–water partition coefficient (Wildman–Crippen LogP) is 1.95. The third kappa shape index (κ3) is 4.30. The lowest BCUT2D eigenvalue weighted by Gasteiger charge is -2.22. The third-order valence-electron chi connectivity index (χ3n) is 4.50. The van der Waals surface area contributed by atoms with Crippen LogP contribution in [0.25, 0.3) is 0 Å². The molecule has 1 aromatic heterocycles. The normalized spacial score (nSPS) is 19.8. The van der Waals surface area contributed by atoms with E-state index in [1.54, 1.807) is 6.92 Å². The van der Waals surface area contributed by atoms with Crippen LogP contribution in [0.2, 0.25) is 0 Å². The molecule has 1 aromatic rings. The van der Waals surface area contributed by atoms with Crippen LogP contribution in [0.5, 0.6) is 0 Å². The molecule has 0 spiro atoms. The van der Waals surface area contributed by atoms with Crippen molar-refractivity contribution in [3.8, 4) is 0 Å². The number of nitrogens with one attached hydrogen (secondary N) is 1. The molecule has 2 atom stereocenters. The Hall–Kier alpha value is -0.880. The monoisotopic (exact) mass is 313 g/mol. The van der Waals surface area contributed by atoms with Crippen LogP contribution in [-0.2, 0) is 16.3 Å². The molecule has 1 aliphatic rings. The number of hydrogen-bond acceptors (Lipinski definition) is 4. The van der Waals surface area contributed by atoms with E-state index in [0.29, 0.717) is 12.5 Å². The summed E-state index contributed by atoms with van der Waals surface area (Å²) < 4.78 is 25.6. The first-order valence-corrected chi connectivity index (χ1v) is 9.83. The molecule has 0 radical (unpaired) electrons. The van der Waals surface area contributed by atoms with E-state index in [1.165, 1.54) is 31.9 Å². The van der Waals surface area contributed by atoms with Crippen molar-refractivity contribution in [2.24, 2.45) is 0 Å². The highest BCUT2D eigenvalue weighted by Gasteiger charge is 2.26. The molecule has 1 N–H and O–H groups in total. The second kappa shape index (κ2) is 6.92. The molecule has 0 saturated heterocycles. The highest BCUT2D eigenvalue weighted by molar-refractivity contribution is 7.91. The quantitative estimate of drug-likeness (QED) is 0.836. The summed E-state index contributed by atoms with van der Waals surface area (Å²) in [6.45, 7) is 4.53. The van der Waals surface area contributed by atoms with Gasteiger partial charge < -0.3 is 5.32 Å². The summed E-state index contributed by atoms with van der Waals surface area (Å²) in [4.78, 5) is 0. The maximum Gasteiger partial charge on any atom is 0.151 e. The molecule has 1 saturated carbocycles. The molecule has 0 aromatic carbocycles.